The molecular weight excluding hydrogens is 268 g/mol. The number of amides is 1. The molecule has 0 radical (unpaired) electrons. The van der Waals surface area contributed by atoms with E-state index in [9.17, 15) is 4.79 Å². The van der Waals surface area contributed by atoms with Crippen LogP contribution in [0.5, 0.6) is 11.5 Å². The Balaban J connectivity index is 1.64. The third-order valence-electron chi connectivity index (χ3n) is 4.21. The average Bonchev–Trinajstić information content (AvgIpc) is 2.55. The molecule has 0 saturated carbocycles. The van der Waals surface area contributed by atoms with Gasteiger partial charge in [-0.05, 0) is 57.0 Å². The second kappa shape index (κ2) is 6.35. The highest BCUT2D eigenvalue weighted by molar-refractivity contribution is 5.95. The molecule has 0 spiro atoms. The second-order valence-corrected chi connectivity index (χ2v) is 5.73. The van der Waals surface area contributed by atoms with Crippen molar-refractivity contribution in [3.63, 3.8) is 0 Å². The van der Waals surface area contributed by atoms with E-state index in [0.717, 1.165) is 19.5 Å². The molecule has 3 rings (SSSR count). The first kappa shape index (κ1) is 14.2. The molecule has 0 aromatic heterocycles. The average molecular weight is 290 g/mol. The Kier molecular flexibility index (Phi) is 4.29. The van der Waals surface area contributed by atoms with Gasteiger partial charge in [-0.1, -0.05) is 0 Å². The number of piperidine rings is 1. The molecule has 1 aromatic rings. The maximum Gasteiger partial charge on any atom is 0.251 e. The lowest BCUT2D eigenvalue weighted by Crippen LogP contribution is -2.44. The Morgan fingerprint density at radius 3 is 2.90 bits per heavy atom. The van der Waals surface area contributed by atoms with E-state index in [0.29, 0.717) is 36.2 Å². The summed E-state index contributed by atoms with van der Waals surface area (Å²) < 4.78 is 11.0. The molecule has 2 atom stereocenters. The molecule has 5 heteroatoms. The van der Waals surface area contributed by atoms with Gasteiger partial charge >= 0.3 is 0 Å². The highest BCUT2D eigenvalue weighted by Crippen LogP contribution is 2.30. The molecule has 0 aliphatic carbocycles. The highest BCUT2D eigenvalue weighted by Gasteiger charge is 2.22. The fourth-order valence-electron chi connectivity index (χ4n) is 2.90. The van der Waals surface area contributed by atoms with Crippen LogP contribution < -0.4 is 20.1 Å². The molecule has 2 heterocycles. The first-order valence-corrected chi connectivity index (χ1v) is 7.65. The van der Waals surface area contributed by atoms with Crippen molar-refractivity contribution in [3.8, 4) is 11.5 Å². The van der Waals surface area contributed by atoms with E-state index < -0.39 is 0 Å². The van der Waals surface area contributed by atoms with Gasteiger partial charge in [-0.2, -0.15) is 0 Å². The van der Waals surface area contributed by atoms with E-state index in [1.165, 1.54) is 6.42 Å². The molecule has 2 aliphatic heterocycles. The molecular formula is C16H22N2O3. The number of hydrogen-bond acceptors (Lipinski definition) is 4. The molecule has 21 heavy (non-hydrogen) atoms. The van der Waals surface area contributed by atoms with Gasteiger partial charge in [-0.25, -0.2) is 0 Å². The summed E-state index contributed by atoms with van der Waals surface area (Å²) in [7, 11) is 0. The highest BCUT2D eigenvalue weighted by atomic mass is 16.6. The van der Waals surface area contributed by atoms with Crippen molar-refractivity contribution in [3.05, 3.63) is 23.8 Å². The van der Waals surface area contributed by atoms with E-state index in [1.54, 1.807) is 18.2 Å². The summed E-state index contributed by atoms with van der Waals surface area (Å²) in [5.41, 5.74) is 0.620. The minimum absolute atomic E-state index is 0.0509. The monoisotopic (exact) mass is 290 g/mol. The number of hydrogen-bond donors (Lipinski definition) is 2. The summed E-state index contributed by atoms with van der Waals surface area (Å²) >= 11 is 0. The number of carbonyl (C=O) groups excluding carboxylic acids is 1. The van der Waals surface area contributed by atoms with Crippen LogP contribution in [0, 0.1) is 5.92 Å². The van der Waals surface area contributed by atoms with Gasteiger partial charge in [-0.3, -0.25) is 4.79 Å². The summed E-state index contributed by atoms with van der Waals surface area (Å²) in [4.78, 5) is 12.4. The quantitative estimate of drug-likeness (QED) is 0.887. The van der Waals surface area contributed by atoms with E-state index in [2.05, 4.69) is 17.6 Å². The normalized spacial score (nSPS) is 22.4. The predicted octanol–water partition coefficient (Wildman–Crippen LogP) is 1.58. The topological polar surface area (TPSA) is 59.6 Å². The maximum atomic E-state index is 12.4. The largest absolute Gasteiger partial charge is 0.486 e. The smallest absolute Gasteiger partial charge is 0.251 e. The van der Waals surface area contributed by atoms with Crippen molar-refractivity contribution in [1.82, 2.24) is 10.6 Å². The maximum absolute atomic E-state index is 12.4. The Morgan fingerprint density at radius 2 is 2.14 bits per heavy atom. The van der Waals surface area contributed by atoms with Gasteiger partial charge in [0.2, 0.25) is 0 Å². The Bertz CT molecular complexity index is 512. The third-order valence-corrected chi connectivity index (χ3v) is 4.21. The van der Waals surface area contributed by atoms with Crippen LogP contribution in [-0.2, 0) is 0 Å². The van der Waals surface area contributed by atoms with Crippen LogP contribution in [-0.4, -0.2) is 38.3 Å². The molecule has 1 saturated heterocycles. The summed E-state index contributed by atoms with van der Waals surface area (Å²) in [5, 5.41) is 6.48. The first-order chi connectivity index (χ1) is 10.2. The van der Waals surface area contributed by atoms with Gasteiger partial charge in [0.05, 0.1) is 0 Å². The van der Waals surface area contributed by atoms with Crippen LogP contribution in [0.2, 0.25) is 0 Å². The zero-order chi connectivity index (χ0) is 14.7. The number of rotatable bonds is 3. The van der Waals surface area contributed by atoms with E-state index in [1.807, 2.05) is 0 Å². The van der Waals surface area contributed by atoms with Crippen LogP contribution in [0.15, 0.2) is 18.2 Å². The molecule has 0 bridgehead atoms. The van der Waals surface area contributed by atoms with Gasteiger partial charge < -0.3 is 20.1 Å². The van der Waals surface area contributed by atoms with Crippen LogP contribution in [0.1, 0.15) is 30.1 Å². The number of fused-ring (bicyclic) bond motifs is 1. The zero-order valence-electron chi connectivity index (χ0n) is 12.4. The fraction of sp³-hybridized carbons (Fsp3) is 0.562. The van der Waals surface area contributed by atoms with Gasteiger partial charge in [-0.15, -0.1) is 0 Å². The zero-order valence-corrected chi connectivity index (χ0v) is 12.4. The number of carbonyl (C=O) groups is 1. The molecule has 1 amide bonds. The predicted molar refractivity (Wildman–Crippen MR) is 80.0 cm³/mol. The van der Waals surface area contributed by atoms with Crippen molar-refractivity contribution in [2.45, 2.75) is 25.8 Å². The third kappa shape index (κ3) is 3.29. The fourth-order valence-corrected chi connectivity index (χ4v) is 2.90. The van der Waals surface area contributed by atoms with Crippen LogP contribution in [0.3, 0.4) is 0 Å². The molecule has 1 aromatic carbocycles. The molecule has 5 nitrogen and oxygen atoms in total. The molecule has 2 N–H and O–H groups in total. The van der Waals surface area contributed by atoms with Crippen molar-refractivity contribution in [2.24, 2.45) is 5.92 Å². The minimum atomic E-state index is -0.0509. The lowest BCUT2D eigenvalue weighted by Gasteiger charge is -2.29. The van der Waals surface area contributed by atoms with E-state index in [-0.39, 0.29) is 11.9 Å². The second-order valence-electron chi connectivity index (χ2n) is 5.73. The van der Waals surface area contributed by atoms with Crippen molar-refractivity contribution in [2.75, 3.05) is 26.3 Å². The molecule has 2 unspecified atom stereocenters. The van der Waals surface area contributed by atoms with E-state index in [4.69, 9.17) is 9.47 Å². The lowest BCUT2D eigenvalue weighted by atomic mass is 9.92. The number of nitrogens with one attached hydrogen (secondary N) is 2. The lowest BCUT2D eigenvalue weighted by molar-refractivity contribution is 0.0920. The number of ether oxygens (including phenoxy) is 2. The Morgan fingerprint density at radius 1 is 1.33 bits per heavy atom. The van der Waals surface area contributed by atoms with Crippen LogP contribution >= 0.6 is 0 Å². The summed E-state index contributed by atoms with van der Waals surface area (Å²) in [6, 6.07) is 5.51. The Labute approximate surface area is 125 Å². The first-order valence-electron chi connectivity index (χ1n) is 7.65. The van der Waals surface area contributed by atoms with Crippen molar-refractivity contribution in [1.29, 1.82) is 0 Å². The minimum Gasteiger partial charge on any atom is -0.486 e. The van der Waals surface area contributed by atoms with Crippen molar-refractivity contribution >= 4 is 5.91 Å². The van der Waals surface area contributed by atoms with Gasteiger partial charge in [0.1, 0.15) is 13.2 Å². The van der Waals surface area contributed by atoms with Crippen LogP contribution in [0.25, 0.3) is 0 Å². The Hall–Kier alpha value is -1.75. The van der Waals surface area contributed by atoms with Crippen LogP contribution in [0.4, 0.5) is 0 Å². The molecule has 2 aliphatic rings. The SMILES string of the molecule is CC(NC(=O)c1ccc2c(c1)OCCO2)C1CCCNC1. The van der Waals surface area contributed by atoms with Crippen molar-refractivity contribution < 1.29 is 14.3 Å². The van der Waals surface area contributed by atoms with Gasteiger partial charge in [0, 0.05) is 11.6 Å². The molecule has 1 fully saturated rings. The summed E-state index contributed by atoms with van der Waals surface area (Å²) in [6.45, 7) is 5.22. The van der Waals surface area contributed by atoms with Gasteiger partial charge in [0.25, 0.3) is 5.91 Å². The van der Waals surface area contributed by atoms with E-state index >= 15 is 0 Å². The summed E-state index contributed by atoms with van der Waals surface area (Å²) in [6.07, 6.45) is 2.34. The molecule has 114 valence electrons. The standard InChI is InChI=1S/C16H22N2O3/c1-11(13-3-2-6-17-10-13)18-16(19)12-4-5-14-15(9-12)21-8-7-20-14/h4-5,9,11,13,17H,2-3,6-8,10H2,1H3,(H,18,19). The van der Waals surface area contributed by atoms with Gasteiger partial charge in [0.15, 0.2) is 11.5 Å². The number of benzene rings is 1. The summed E-state index contributed by atoms with van der Waals surface area (Å²) in [5.74, 6) is 1.81.